The molecule has 1 fully saturated rings. The highest BCUT2D eigenvalue weighted by molar-refractivity contribution is 7.87. The molecular weight excluding hydrogens is 336 g/mol. The summed E-state index contributed by atoms with van der Waals surface area (Å²) in [7, 11) is -1.97. The summed E-state index contributed by atoms with van der Waals surface area (Å²) in [6, 6.07) is 3.39. The molecule has 9 nitrogen and oxygen atoms in total. The third-order valence-corrected chi connectivity index (χ3v) is 5.36. The Bertz CT molecular complexity index is 741. The van der Waals surface area contributed by atoms with Gasteiger partial charge in [0.05, 0.1) is 19.4 Å². The third-order valence-electron chi connectivity index (χ3n) is 3.84. The molecule has 0 unspecified atom stereocenters. The van der Waals surface area contributed by atoms with Crippen LogP contribution in [0.2, 0.25) is 0 Å². The number of ether oxygens (including phenoxy) is 1. The minimum Gasteiger partial charge on any atom is -0.459 e. The van der Waals surface area contributed by atoms with Crippen molar-refractivity contribution < 1.29 is 22.1 Å². The number of hydrogen-bond donors (Lipinski definition) is 1. The predicted molar refractivity (Wildman–Crippen MR) is 83.9 cm³/mol. The Morgan fingerprint density at radius 2 is 2.38 bits per heavy atom. The minimum atomic E-state index is -3.59. The number of furan rings is 1. The second kappa shape index (κ2) is 7.43. The van der Waals surface area contributed by atoms with Gasteiger partial charge in [-0.15, -0.1) is 0 Å². The zero-order chi connectivity index (χ0) is 17.0. The van der Waals surface area contributed by atoms with Gasteiger partial charge in [-0.05, 0) is 30.9 Å². The van der Waals surface area contributed by atoms with E-state index in [1.165, 1.54) is 10.6 Å². The fourth-order valence-corrected chi connectivity index (χ4v) is 3.96. The van der Waals surface area contributed by atoms with E-state index in [-0.39, 0.29) is 24.2 Å². The normalized spacial score (nSPS) is 19.6. The van der Waals surface area contributed by atoms with Gasteiger partial charge in [-0.25, -0.2) is 0 Å². The van der Waals surface area contributed by atoms with Crippen LogP contribution in [0.1, 0.15) is 18.7 Å². The van der Waals surface area contributed by atoms with Crippen molar-refractivity contribution in [2.45, 2.75) is 19.4 Å². The maximum Gasteiger partial charge on any atom is 0.293 e. The molecule has 10 heteroatoms. The Morgan fingerprint density at radius 1 is 1.50 bits per heavy atom. The Balaban J connectivity index is 1.59. The molecule has 0 radical (unpaired) electrons. The molecule has 0 aliphatic carbocycles. The monoisotopic (exact) mass is 356 g/mol. The Kier molecular flexibility index (Phi) is 5.29. The van der Waals surface area contributed by atoms with Crippen LogP contribution in [0.5, 0.6) is 0 Å². The van der Waals surface area contributed by atoms with Crippen LogP contribution >= 0.6 is 0 Å². The Hall–Kier alpha value is -1.75. The van der Waals surface area contributed by atoms with Crippen LogP contribution in [0.15, 0.2) is 27.3 Å². The average Bonchev–Trinajstić information content (AvgIpc) is 3.25. The van der Waals surface area contributed by atoms with Crippen LogP contribution < -0.4 is 4.72 Å². The van der Waals surface area contributed by atoms with E-state index in [2.05, 4.69) is 14.9 Å². The van der Waals surface area contributed by atoms with E-state index >= 15 is 0 Å². The molecule has 0 spiro atoms. The van der Waals surface area contributed by atoms with Gasteiger partial charge in [0.15, 0.2) is 11.6 Å². The van der Waals surface area contributed by atoms with Crippen molar-refractivity contribution in [3.05, 3.63) is 24.2 Å². The number of nitrogens with one attached hydrogen (secondary N) is 1. The molecule has 1 saturated heterocycles. The van der Waals surface area contributed by atoms with Crippen molar-refractivity contribution in [3.8, 4) is 11.7 Å². The van der Waals surface area contributed by atoms with Crippen LogP contribution in [-0.4, -0.2) is 49.7 Å². The highest BCUT2D eigenvalue weighted by Crippen LogP contribution is 2.19. The molecule has 2 aromatic rings. The van der Waals surface area contributed by atoms with Crippen molar-refractivity contribution in [1.82, 2.24) is 19.2 Å². The lowest BCUT2D eigenvalue weighted by molar-refractivity contribution is 0.118. The average molecular weight is 356 g/mol. The maximum atomic E-state index is 12.4. The van der Waals surface area contributed by atoms with Gasteiger partial charge in [0.2, 0.25) is 0 Å². The number of piperidine rings is 1. The molecule has 1 N–H and O–H groups in total. The van der Waals surface area contributed by atoms with Gasteiger partial charge in [0.25, 0.3) is 16.1 Å². The van der Waals surface area contributed by atoms with Gasteiger partial charge >= 0.3 is 0 Å². The lowest BCUT2D eigenvalue weighted by atomic mass is 10.0. The van der Waals surface area contributed by atoms with Crippen molar-refractivity contribution in [2.24, 2.45) is 5.92 Å². The molecule has 132 valence electrons. The molecule has 0 amide bonds. The zero-order valence-electron chi connectivity index (χ0n) is 13.3. The second-order valence-electron chi connectivity index (χ2n) is 5.64. The summed E-state index contributed by atoms with van der Waals surface area (Å²) in [6.07, 6.45) is 3.28. The van der Waals surface area contributed by atoms with E-state index in [1.54, 1.807) is 19.2 Å². The molecule has 24 heavy (non-hydrogen) atoms. The first-order chi connectivity index (χ1) is 11.6. The summed E-state index contributed by atoms with van der Waals surface area (Å²) in [6.45, 7) is 1.47. The van der Waals surface area contributed by atoms with Crippen molar-refractivity contribution in [2.75, 3.05) is 26.8 Å². The summed E-state index contributed by atoms with van der Waals surface area (Å²) in [5.74, 6) is 1.12. The number of nitrogens with zero attached hydrogens (tertiary/aromatic N) is 3. The summed E-state index contributed by atoms with van der Waals surface area (Å²) in [5, 5.41) is 3.75. The first kappa shape index (κ1) is 17.1. The lowest BCUT2D eigenvalue weighted by Gasteiger charge is -2.31. The van der Waals surface area contributed by atoms with E-state index in [9.17, 15) is 8.42 Å². The van der Waals surface area contributed by atoms with E-state index < -0.39 is 10.2 Å². The molecule has 2 aromatic heterocycles. The summed E-state index contributed by atoms with van der Waals surface area (Å²) < 4.78 is 44.1. The standard InChI is InChI=1S/C14H20N4O5S/c1-21-10-11-4-2-6-18(9-11)24(19,20)15-8-13-16-14(23-17-13)12-5-3-7-22-12/h3,5,7,11,15H,2,4,6,8-10H2,1H3/t11-/m0/s1. The van der Waals surface area contributed by atoms with Crippen LogP contribution in [0.25, 0.3) is 11.7 Å². The smallest absolute Gasteiger partial charge is 0.293 e. The van der Waals surface area contributed by atoms with Crippen molar-refractivity contribution >= 4 is 10.2 Å². The highest BCUT2D eigenvalue weighted by Gasteiger charge is 2.29. The maximum absolute atomic E-state index is 12.4. The number of aromatic nitrogens is 2. The van der Waals surface area contributed by atoms with Gasteiger partial charge in [-0.1, -0.05) is 5.16 Å². The third kappa shape index (κ3) is 4.01. The van der Waals surface area contributed by atoms with Gasteiger partial charge in [0.1, 0.15) is 0 Å². The molecule has 1 aliphatic rings. The molecular formula is C14H20N4O5S. The number of rotatable bonds is 7. The van der Waals surface area contributed by atoms with E-state index in [0.717, 1.165) is 12.8 Å². The topological polar surface area (TPSA) is 111 Å². The van der Waals surface area contributed by atoms with E-state index in [4.69, 9.17) is 13.7 Å². The Morgan fingerprint density at radius 3 is 3.12 bits per heavy atom. The first-order valence-corrected chi connectivity index (χ1v) is 9.12. The van der Waals surface area contributed by atoms with Crippen molar-refractivity contribution in [3.63, 3.8) is 0 Å². The molecule has 0 bridgehead atoms. The molecule has 0 aromatic carbocycles. The molecule has 3 heterocycles. The number of hydrogen-bond acceptors (Lipinski definition) is 7. The summed E-state index contributed by atoms with van der Waals surface area (Å²) in [5.41, 5.74) is 0. The second-order valence-corrected chi connectivity index (χ2v) is 7.40. The molecule has 3 rings (SSSR count). The van der Waals surface area contributed by atoms with Gasteiger partial charge in [0, 0.05) is 20.2 Å². The van der Waals surface area contributed by atoms with Crippen LogP contribution in [0.4, 0.5) is 0 Å². The quantitative estimate of drug-likeness (QED) is 0.788. The summed E-state index contributed by atoms with van der Waals surface area (Å²) in [4.78, 5) is 4.11. The summed E-state index contributed by atoms with van der Waals surface area (Å²) >= 11 is 0. The van der Waals surface area contributed by atoms with Gasteiger partial charge in [-0.2, -0.15) is 22.4 Å². The largest absolute Gasteiger partial charge is 0.459 e. The lowest BCUT2D eigenvalue weighted by Crippen LogP contribution is -2.46. The van der Waals surface area contributed by atoms with Crippen LogP contribution in [-0.2, 0) is 21.5 Å². The van der Waals surface area contributed by atoms with Crippen LogP contribution in [0.3, 0.4) is 0 Å². The van der Waals surface area contributed by atoms with Gasteiger partial charge in [-0.3, -0.25) is 0 Å². The highest BCUT2D eigenvalue weighted by atomic mass is 32.2. The van der Waals surface area contributed by atoms with E-state index in [0.29, 0.717) is 25.5 Å². The Labute approximate surface area is 140 Å². The minimum absolute atomic E-state index is 0.0437. The molecule has 0 saturated carbocycles. The fourth-order valence-electron chi connectivity index (χ4n) is 2.69. The predicted octanol–water partition coefficient (Wildman–Crippen LogP) is 1.02. The molecule has 1 aliphatic heterocycles. The number of methoxy groups -OCH3 is 1. The zero-order valence-corrected chi connectivity index (χ0v) is 14.2. The fraction of sp³-hybridized carbons (Fsp3) is 0.571. The SMILES string of the molecule is COC[C@H]1CCCN(S(=O)(=O)NCc2noc(-c3ccco3)n2)C1. The van der Waals surface area contributed by atoms with Gasteiger partial charge < -0.3 is 13.7 Å². The van der Waals surface area contributed by atoms with Crippen LogP contribution in [0, 0.1) is 5.92 Å². The molecule has 1 atom stereocenters. The van der Waals surface area contributed by atoms with Crippen molar-refractivity contribution in [1.29, 1.82) is 0 Å². The van der Waals surface area contributed by atoms with E-state index in [1.807, 2.05) is 0 Å². The first-order valence-electron chi connectivity index (χ1n) is 7.68.